The zero-order valence-corrected chi connectivity index (χ0v) is 6.65. The lowest BCUT2D eigenvalue weighted by Gasteiger charge is -2.03. The Kier molecular flexibility index (Phi) is 2.92. The van der Waals surface area contributed by atoms with Gasteiger partial charge in [-0.25, -0.2) is 13.2 Å². The van der Waals surface area contributed by atoms with Gasteiger partial charge >= 0.3 is 0 Å². The molecule has 0 saturated heterocycles. The third-order valence-corrected chi connectivity index (χ3v) is 1.61. The van der Waals surface area contributed by atoms with Gasteiger partial charge < -0.3 is 0 Å². The minimum absolute atomic E-state index is 0.0340. The second-order valence-electron chi connectivity index (χ2n) is 2.13. The monoisotopic (exact) mass is 195 g/mol. The molecule has 0 aliphatic rings. The Morgan fingerprint density at radius 1 is 1.50 bits per heavy atom. The van der Waals surface area contributed by atoms with Crippen molar-refractivity contribution in [3.63, 3.8) is 0 Å². The summed E-state index contributed by atoms with van der Waals surface area (Å²) in [6.45, 7) is 0. The van der Waals surface area contributed by atoms with Crippen molar-refractivity contribution in [1.29, 1.82) is 0 Å². The van der Waals surface area contributed by atoms with Crippen LogP contribution in [0.2, 0.25) is 0 Å². The van der Waals surface area contributed by atoms with Crippen LogP contribution in [0.15, 0.2) is 12.3 Å². The van der Waals surface area contributed by atoms with Crippen molar-refractivity contribution in [2.24, 2.45) is 0 Å². The third kappa shape index (κ3) is 1.88. The SMILES string of the molecule is Fc1cnc(C(F)F)c(CCl)c1. The molecule has 0 bridgehead atoms. The molecule has 0 amide bonds. The van der Waals surface area contributed by atoms with E-state index in [9.17, 15) is 13.2 Å². The smallest absolute Gasteiger partial charge is 0.252 e. The van der Waals surface area contributed by atoms with Gasteiger partial charge in [0.1, 0.15) is 11.5 Å². The molecule has 0 atom stereocenters. The first-order valence-electron chi connectivity index (χ1n) is 3.13. The summed E-state index contributed by atoms with van der Waals surface area (Å²) < 4.78 is 36.6. The predicted molar refractivity (Wildman–Crippen MR) is 38.7 cm³/mol. The Morgan fingerprint density at radius 2 is 2.17 bits per heavy atom. The maximum absolute atomic E-state index is 12.4. The van der Waals surface area contributed by atoms with Crippen LogP contribution in [0.1, 0.15) is 17.7 Å². The zero-order valence-electron chi connectivity index (χ0n) is 5.90. The molecule has 0 aliphatic heterocycles. The molecule has 5 heteroatoms. The van der Waals surface area contributed by atoms with Crippen molar-refractivity contribution in [3.05, 3.63) is 29.3 Å². The van der Waals surface area contributed by atoms with Crippen molar-refractivity contribution in [3.8, 4) is 0 Å². The molecule has 0 radical (unpaired) electrons. The minimum Gasteiger partial charge on any atom is -0.252 e. The molecule has 1 aromatic heterocycles. The lowest BCUT2D eigenvalue weighted by atomic mass is 10.2. The molecule has 0 N–H and O–H groups in total. The van der Waals surface area contributed by atoms with E-state index in [-0.39, 0.29) is 11.4 Å². The maximum atomic E-state index is 12.4. The fourth-order valence-electron chi connectivity index (χ4n) is 0.795. The number of alkyl halides is 3. The van der Waals surface area contributed by atoms with Crippen LogP contribution in [0.25, 0.3) is 0 Å². The molecule has 0 saturated carbocycles. The first-order chi connectivity index (χ1) is 5.65. The van der Waals surface area contributed by atoms with Crippen LogP contribution in [0, 0.1) is 5.82 Å². The molecule has 1 nitrogen and oxygen atoms in total. The van der Waals surface area contributed by atoms with Crippen LogP contribution in [0.5, 0.6) is 0 Å². The summed E-state index contributed by atoms with van der Waals surface area (Å²) in [6.07, 6.45) is -1.96. The summed E-state index contributed by atoms with van der Waals surface area (Å²) in [4.78, 5) is 3.24. The lowest BCUT2D eigenvalue weighted by molar-refractivity contribution is 0.145. The van der Waals surface area contributed by atoms with Crippen molar-refractivity contribution >= 4 is 11.6 Å². The molecule has 12 heavy (non-hydrogen) atoms. The van der Waals surface area contributed by atoms with E-state index < -0.39 is 17.9 Å². The van der Waals surface area contributed by atoms with Crippen molar-refractivity contribution in [2.45, 2.75) is 12.3 Å². The first kappa shape index (κ1) is 9.32. The van der Waals surface area contributed by atoms with Gasteiger partial charge in [-0.3, -0.25) is 4.98 Å². The molecule has 1 rings (SSSR count). The summed E-state index contributed by atoms with van der Waals surface area (Å²) >= 11 is 5.31. The van der Waals surface area contributed by atoms with Crippen LogP contribution in [0.4, 0.5) is 13.2 Å². The maximum Gasteiger partial charge on any atom is 0.280 e. The average molecular weight is 196 g/mol. The van der Waals surface area contributed by atoms with Crippen molar-refractivity contribution in [2.75, 3.05) is 0 Å². The van der Waals surface area contributed by atoms with E-state index in [0.29, 0.717) is 0 Å². The Balaban J connectivity index is 3.11. The highest BCUT2D eigenvalue weighted by Gasteiger charge is 2.14. The van der Waals surface area contributed by atoms with Gasteiger partial charge in [0.25, 0.3) is 6.43 Å². The van der Waals surface area contributed by atoms with Crippen LogP contribution in [-0.4, -0.2) is 4.98 Å². The third-order valence-electron chi connectivity index (χ3n) is 1.32. The topological polar surface area (TPSA) is 12.9 Å². The molecule has 1 heterocycles. The highest BCUT2D eigenvalue weighted by atomic mass is 35.5. The highest BCUT2D eigenvalue weighted by molar-refractivity contribution is 6.17. The first-order valence-corrected chi connectivity index (χ1v) is 3.67. The fourth-order valence-corrected chi connectivity index (χ4v) is 1.01. The van der Waals surface area contributed by atoms with E-state index in [4.69, 9.17) is 11.6 Å². The number of rotatable bonds is 2. The van der Waals surface area contributed by atoms with Gasteiger partial charge in [-0.2, -0.15) is 0 Å². The second-order valence-corrected chi connectivity index (χ2v) is 2.40. The van der Waals surface area contributed by atoms with Gasteiger partial charge in [-0.05, 0) is 11.6 Å². The number of hydrogen-bond acceptors (Lipinski definition) is 1. The minimum atomic E-state index is -2.71. The predicted octanol–water partition coefficient (Wildman–Crippen LogP) is 2.90. The van der Waals surface area contributed by atoms with Crippen LogP contribution in [-0.2, 0) is 5.88 Å². The lowest BCUT2D eigenvalue weighted by Crippen LogP contribution is -1.97. The van der Waals surface area contributed by atoms with Gasteiger partial charge in [-0.1, -0.05) is 0 Å². The highest BCUT2D eigenvalue weighted by Crippen LogP contribution is 2.22. The molecule has 0 aromatic carbocycles. The van der Waals surface area contributed by atoms with Gasteiger partial charge in [-0.15, -0.1) is 11.6 Å². The summed E-state index contributed by atoms with van der Waals surface area (Å²) in [5.74, 6) is -0.820. The molecule has 66 valence electrons. The Morgan fingerprint density at radius 3 is 2.67 bits per heavy atom. The van der Waals surface area contributed by atoms with Gasteiger partial charge in [0.05, 0.1) is 6.20 Å². The van der Waals surface area contributed by atoms with E-state index in [1.807, 2.05) is 0 Å². The molecule has 0 fully saturated rings. The van der Waals surface area contributed by atoms with E-state index in [1.165, 1.54) is 0 Å². The van der Waals surface area contributed by atoms with E-state index in [1.54, 1.807) is 0 Å². The summed E-state index contributed by atoms with van der Waals surface area (Å²) in [5.41, 5.74) is -0.418. The largest absolute Gasteiger partial charge is 0.280 e. The van der Waals surface area contributed by atoms with Crippen molar-refractivity contribution in [1.82, 2.24) is 4.98 Å². The average Bonchev–Trinajstić information content (AvgIpc) is 2.03. The van der Waals surface area contributed by atoms with Gasteiger partial charge in [0.15, 0.2) is 0 Å². The normalized spacial score (nSPS) is 10.8. The Bertz CT molecular complexity index is 277. The van der Waals surface area contributed by atoms with Crippen molar-refractivity contribution < 1.29 is 13.2 Å². The number of pyridine rings is 1. The summed E-state index contributed by atoms with van der Waals surface area (Å²) in [7, 11) is 0. The number of nitrogens with zero attached hydrogens (tertiary/aromatic N) is 1. The molecule has 1 aromatic rings. The molecule has 0 unspecified atom stereocenters. The Hall–Kier alpha value is -0.770. The second kappa shape index (κ2) is 3.76. The quantitative estimate of drug-likeness (QED) is 0.662. The summed E-state index contributed by atoms with van der Waals surface area (Å²) in [5, 5.41) is 0. The summed E-state index contributed by atoms with van der Waals surface area (Å²) in [6, 6.07) is 0.960. The standard InChI is InChI=1S/C7H5ClF3N/c8-2-4-1-5(9)3-12-6(4)7(10)11/h1,3,7H,2H2. The molecule has 0 aliphatic carbocycles. The molecular formula is C7H5ClF3N. The van der Waals surface area contributed by atoms with Gasteiger partial charge in [0, 0.05) is 5.88 Å². The number of hydrogen-bond donors (Lipinski definition) is 0. The van der Waals surface area contributed by atoms with E-state index >= 15 is 0 Å². The number of aromatic nitrogens is 1. The molecule has 0 spiro atoms. The van der Waals surface area contributed by atoms with Crippen LogP contribution in [0.3, 0.4) is 0 Å². The molecular weight excluding hydrogens is 191 g/mol. The van der Waals surface area contributed by atoms with Crippen LogP contribution >= 0.6 is 11.6 Å². The number of halogens is 4. The van der Waals surface area contributed by atoms with Crippen LogP contribution < -0.4 is 0 Å². The Labute approximate surface area is 72.2 Å². The van der Waals surface area contributed by atoms with E-state index in [0.717, 1.165) is 12.3 Å². The fraction of sp³-hybridized carbons (Fsp3) is 0.286. The zero-order chi connectivity index (χ0) is 9.14. The van der Waals surface area contributed by atoms with Gasteiger partial charge in [0.2, 0.25) is 0 Å². The van der Waals surface area contributed by atoms with E-state index in [2.05, 4.69) is 4.98 Å².